The highest BCUT2D eigenvalue weighted by atomic mass is 35.5. The quantitative estimate of drug-likeness (QED) is 0.695. The third-order valence-electron chi connectivity index (χ3n) is 5.04. The molecule has 1 amide bonds. The molecule has 2 fully saturated rings. The maximum absolute atomic E-state index is 12.5. The number of ether oxygens (including phenoxy) is 2. The molecule has 0 atom stereocenters. The molecule has 142 valence electrons. The van der Waals surface area contributed by atoms with Gasteiger partial charge < -0.3 is 14.4 Å². The summed E-state index contributed by atoms with van der Waals surface area (Å²) in [5.74, 6) is 0.463. The molecule has 27 heavy (non-hydrogen) atoms. The van der Waals surface area contributed by atoms with Crippen LogP contribution >= 0.6 is 22.9 Å². The van der Waals surface area contributed by atoms with Crippen LogP contribution in [0.1, 0.15) is 17.7 Å². The standard InChI is InChI=1S/C21H22ClNO3S/c22-18-4-2-1-3-17(18)19-7-5-16(27-19)6-8-20(24)23-11-9-15(10-12-23)21-25-13-14-26-21/h1-8,15,21H,9-14H2/b8-6+. The van der Waals surface area contributed by atoms with Crippen molar-refractivity contribution < 1.29 is 14.3 Å². The van der Waals surface area contributed by atoms with Gasteiger partial charge in [-0.3, -0.25) is 4.79 Å². The summed E-state index contributed by atoms with van der Waals surface area (Å²) in [4.78, 5) is 16.5. The molecule has 0 aliphatic carbocycles. The SMILES string of the molecule is O=C(/C=C/c1ccc(-c2ccccc2Cl)s1)N1CCC(C2OCCO2)CC1. The molecule has 0 bridgehead atoms. The molecule has 1 aromatic carbocycles. The van der Waals surface area contributed by atoms with E-state index in [2.05, 4.69) is 0 Å². The average Bonchev–Trinajstić information content (AvgIpc) is 3.39. The van der Waals surface area contributed by atoms with E-state index in [1.807, 2.05) is 47.4 Å². The first-order chi connectivity index (χ1) is 13.2. The van der Waals surface area contributed by atoms with Crippen molar-refractivity contribution in [2.45, 2.75) is 19.1 Å². The Balaban J connectivity index is 1.33. The minimum atomic E-state index is -0.0767. The van der Waals surface area contributed by atoms with E-state index < -0.39 is 0 Å². The largest absolute Gasteiger partial charge is 0.350 e. The number of rotatable bonds is 4. The molecular weight excluding hydrogens is 382 g/mol. The minimum absolute atomic E-state index is 0.0643. The van der Waals surface area contributed by atoms with Gasteiger partial charge in [0.25, 0.3) is 0 Å². The summed E-state index contributed by atoms with van der Waals surface area (Å²) < 4.78 is 11.2. The topological polar surface area (TPSA) is 38.8 Å². The number of thiophene rings is 1. The van der Waals surface area contributed by atoms with Gasteiger partial charge in [0.05, 0.1) is 13.2 Å². The monoisotopic (exact) mass is 403 g/mol. The molecule has 0 N–H and O–H groups in total. The van der Waals surface area contributed by atoms with Crippen LogP contribution in [0.2, 0.25) is 5.02 Å². The summed E-state index contributed by atoms with van der Waals surface area (Å²) >= 11 is 7.90. The van der Waals surface area contributed by atoms with Crippen molar-refractivity contribution in [2.75, 3.05) is 26.3 Å². The van der Waals surface area contributed by atoms with E-state index in [0.29, 0.717) is 19.1 Å². The number of hydrogen-bond donors (Lipinski definition) is 0. The number of nitrogens with zero attached hydrogens (tertiary/aromatic N) is 1. The lowest BCUT2D eigenvalue weighted by Gasteiger charge is -2.33. The van der Waals surface area contributed by atoms with Crippen LogP contribution in [0.5, 0.6) is 0 Å². The van der Waals surface area contributed by atoms with Gasteiger partial charge >= 0.3 is 0 Å². The molecule has 3 heterocycles. The van der Waals surface area contributed by atoms with Crippen LogP contribution in [-0.2, 0) is 14.3 Å². The maximum atomic E-state index is 12.5. The molecule has 0 unspecified atom stereocenters. The first-order valence-corrected chi connectivity index (χ1v) is 10.4. The van der Waals surface area contributed by atoms with E-state index in [1.165, 1.54) is 0 Å². The van der Waals surface area contributed by atoms with Gasteiger partial charge in [-0.05, 0) is 37.1 Å². The zero-order valence-corrected chi connectivity index (χ0v) is 16.5. The molecule has 2 saturated heterocycles. The molecular formula is C21H22ClNO3S. The van der Waals surface area contributed by atoms with Crippen LogP contribution < -0.4 is 0 Å². The molecule has 0 saturated carbocycles. The fourth-order valence-electron chi connectivity index (χ4n) is 3.55. The lowest BCUT2D eigenvalue weighted by atomic mass is 9.96. The maximum Gasteiger partial charge on any atom is 0.246 e. The lowest BCUT2D eigenvalue weighted by molar-refractivity contribution is -0.131. The fourth-order valence-corrected chi connectivity index (χ4v) is 4.79. The summed E-state index contributed by atoms with van der Waals surface area (Å²) in [6.45, 7) is 2.88. The average molecular weight is 404 g/mol. The van der Waals surface area contributed by atoms with E-state index in [-0.39, 0.29) is 12.2 Å². The van der Waals surface area contributed by atoms with Crippen LogP contribution in [0.15, 0.2) is 42.5 Å². The van der Waals surface area contributed by atoms with Crippen molar-refractivity contribution in [1.29, 1.82) is 0 Å². The Morgan fingerprint density at radius 3 is 2.59 bits per heavy atom. The van der Waals surface area contributed by atoms with E-state index in [1.54, 1.807) is 17.4 Å². The van der Waals surface area contributed by atoms with Gasteiger partial charge in [0.2, 0.25) is 5.91 Å². The van der Waals surface area contributed by atoms with Crippen molar-refractivity contribution in [3.8, 4) is 10.4 Å². The number of amides is 1. The van der Waals surface area contributed by atoms with E-state index >= 15 is 0 Å². The molecule has 4 nitrogen and oxygen atoms in total. The van der Waals surface area contributed by atoms with Gasteiger partial charge in [-0.1, -0.05) is 29.8 Å². The van der Waals surface area contributed by atoms with Gasteiger partial charge in [-0.15, -0.1) is 11.3 Å². The lowest BCUT2D eigenvalue weighted by Crippen LogP contribution is -2.40. The summed E-state index contributed by atoms with van der Waals surface area (Å²) in [5.41, 5.74) is 1.02. The highest BCUT2D eigenvalue weighted by Gasteiger charge is 2.31. The smallest absolute Gasteiger partial charge is 0.246 e. The molecule has 2 aliphatic rings. The zero-order chi connectivity index (χ0) is 18.6. The second kappa shape index (κ2) is 8.57. The Kier molecular flexibility index (Phi) is 5.93. The minimum Gasteiger partial charge on any atom is -0.350 e. The van der Waals surface area contributed by atoms with E-state index in [9.17, 15) is 4.79 Å². The normalized spacial score (nSPS) is 19.2. The highest BCUT2D eigenvalue weighted by molar-refractivity contribution is 7.16. The molecule has 0 radical (unpaired) electrons. The van der Waals surface area contributed by atoms with Gasteiger partial charge in [-0.25, -0.2) is 0 Å². The van der Waals surface area contributed by atoms with E-state index in [0.717, 1.165) is 46.3 Å². The molecule has 1 aromatic heterocycles. The van der Waals surface area contributed by atoms with Gasteiger partial charge in [-0.2, -0.15) is 0 Å². The number of piperidine rings is 1. The van der Waals surface area contributed by atoms with Gasteiger partial charge in [0.1, 0.15) is 0 Å². The molecule has 2 aliphatic heterocycles. The Morgan fingerprint density at radius 1 is 1.11 bits per heavy atom. The van der Waals surface area contributed by atoms with Crippen LogP contribution in [-0.4, -0.2) is 43.4 Å². The second-order valence-electron chi connectivity index (χ2n) is 6.79. The Hall–Kier alpha value is -1.66. The van der Waals surface area contributed by atoms with Crippen molar-refractivity contribution in [3.05, 3.63) is 52.4 Å². The first kappa shape index (κ1) is 18.7. The first-order valence-electron chi connectivity index (χ1n) is 9.25. The Morgan fingerprint density at radius 2 is 1.85 bits per heavy atom. The summed E-state index contributed by atoms with van der Waals surface area (Å²) in [7, 11) is 0. The predicted octanol–water partition coefficient (Wildman–Crippen LogP) is 4.69. The number of likely N-dealkylation sites (tertiary alicyclic amines) is 1. The highest BCUT2D eigenvalue weighted by Crippen LogP contribution is 2.33. The van der Waals surface area contributed by atoms with Gasteiger partial charge in [0, 0.05) is 45.4 Å². The van der Waals surface area contributed by atoms with Crippen LogP contribution in [0, 0.1) is 5.92 Å². The third kappa shape index (κ3) is 4.43. The number of halogens is 1. The second-order valence-corrected chi connectivity index (χ2v) is 8.31. The summed E-state index contributed by atoms with van der Waals surface area (Å²) in [6.07, 6.45) is 5.35. The Bertz CT molecular complexity index is 820. The van der Waals surface area contributed by atoms with Crippen LogP contribution in [0.3, 0.4) is 0 Å². The number of carbonyl (C=O) groups is 1. The number of hydrogen-bond acceptors (Lipinski definition) is 4. The number of carbonyl (C=O) groups excluding carboxylic acids is 1. The molecule has 6 heteroatoms. The van der Waals surface area contributed by atoms with Crippen molar-refractivity contribution in [1.82, 2.24) is 4.90 Å². The van der Waals surface area contributed by atoms with Crippen molar-refractivity contribution in [2.24, 2.45) is 5.92 Å². The summed E-state index contributed by atoms with van der Waals surface area (Å²) in [5, 5.41) is 0.740. The van der Waals surface area contributed by atoms with Crippen LogP contribution in [0.25, 0.3) is 16.5 Å². The molecule has 0 spiro atoms. The van der Waals surface area contributed by atoms with Crippen molar-refractivity contribution in [3.63, 3.8) is 0 Å². The van der Waals surface area contributed by atoms with Crippen LogP contribution in [0.4, 0.5) is 0 Å². The fraction of sp³-hybridized carbons (Fsp3) is 0.381. The third-order valence-corrected chi connectivity index (χ3v) is 6.45. The molecule has 4 rings (SSSR count). The van der Waals surface area contributed by atoms with E-state index in [4.69, 9.17) is 21.1 Å². The summed E-state index contributed by atoms with van der Waals surface area (Å²) in [6, 6.07) is 11.9. The van der Waals surface area contributed by atoms with Gasteiger partial charge in [0.15, 0.2) is 6.29 Å². The zero-order valence-electron chi connectivity index (χ0n) is 15.0. The van der Waals surface area contributed by atoms with Crippen molar-refractivity contribution >= 4 is 34.9 Å². The molecule has 2 aromatic rings. The predicted molar refractivity (Wildman–Crippen MR) is 109 cm³/mol. The number of benzene rings is 1. The Labute approximate surface area is 168 Å².